The molecule has 0 amide bonds. The summed E-state index contributed by atoms with van der Waals surface area (Å²) < 4.78 is 11.6. The van der Waals surface area contributed by atoms with Gasteiger partial charge in [0.15, 0.2) is 5.65 Å². The van der Waals surface area contributed by atoms with Gasteiger partial charge < -0.3 is 9.26 Å². The van der Waals surface area contributed by atoms with E-state index in [0.717, 1.165) is 11.1 Å². The predicted octanol–water partition coefficient (Wildman–Crippen LogP) is 2.47. The Kier molecular flexibility index (Phi) is 3.81. The molecule has 0 saturated heterocycles. The van der Waals surface area contributed by atoms with Gasteiger partial charge in [0, 0.05) is 36.0 Å². The first-order valence-electron chi connectivity index (χ1n) is 7.89. The maximum atomic E-state index is 12.3. The quantitative estimate of drug-likeness (QED) is 0.605. The van der Waals surface area contributed by atoms with Crippen LogP contribution in [0, 0.1) is 0 Å². The molecule has 0 unspecified atom stereocenters. The number of aryl methyl sites for hydroxylation is 2. The molecule has 7 nitrogen and oxygen atoms in total. The molecule has 0 spiro atoms. The summed E-state index contributed by atoms with van der Waals surface area (Å²) >= 11 is 0. The van der Waals surface area contributed by atoms with E-state index in [1.54, 1.807) is 12.3 Å². The number of hydrogen-bond acceptors (Lipinski definition) is 5. The Balaban J connectivity index is 1.67. The number of hydrogen-bond donors (Lipinski definition) is 1. The minimum atomic E-state index is -0.141. The molecular weight excluding hydrogens is 320 g/mol. The Morgan fingerprint density at radius 2 is 2.04 bits per heavy atom. The van der Waals surface area contributed by atoms with Crippen molar-refractivity contribution in [2.75, 3.05) is 7.11 Å². The van der Waals surface area contributed by atoms with Crippen molar-refractivity contribution in [1.82, 2.24) is 19.8 Å². The van der Waals surface area contributed by atoms with E-state index in [-0.39, 0.29) is 5.56 Å². The fourth-order valence-electron chi connectivity index (χ4n) is 2.75. The molecule has 4 rings (SSSR count). The van der Waals surface area contributed by atoms with Crippen molar-refractivity contribution < 1.29 is 9.26 Å². The van der Waals surface area contributed by atoms with E-state index in [1.165, 1.54) is 17.7 Å². The SMILES string of the molecule is COc1cc(CCc2cc(=O)n3[nH]cc(-c4ccccc4)c3n2)on1. The van der Waals surface area contributed by atoms with Crippen molar-refractivity contribution in [3.63, 3.8) is 0 Å². The third-order valence-electron chi connectivity index (χ3n) is 4.01. The topological polar surface area (TPSA) is 85.4 Å². The number of nitrogens with one attached hydrogen (secondary N) is 1. The summed E-state index contributed by atoms with van der Waals surface area (Å²) in [5.74, 6) is 1.13. The van der Waals surface area contributed by atoms with E-state index in [4.69, 9.17) is 9.26 Å². The van der Waals surface area contributed by atoms with Gasteiger partial charge >= 0.3 is 0 Å². The number of nitrogens with zero attached hydrogens (tertiary/aromatic N) is 3. The van der Waals surface area contributed by atoms with Crippen LogP contribution in [0.3, 0.4) is 0 Å². The van der Waals surface area contributed by atoms with Crippen LogP contribution in [-0.2, 0) is 12.8 Å². The predicted molar refractivity (Wildman–Crippen MR) is 91.7 cm³/mol. The fraction of sp³-hybridized carbons (Fsp3) is 0.167. The van der Waals surface area contributed by atoms with Gasteiger partial charge in [-0.2, -0.15) is 0 Å². The fourth-order valence-corrected chi connectivity index (χ4v) is 2.75. The summed E-state index contributed by atoms with van der Waals surface area (Å²) in [6, 6.07) is 13.1. The minimum absolute atomic E-state index is 0.141. The van der Waals surface area contributed by atoms with Gasteiger partial charge in [0.1, 0.15) is 5.76 Å². The van der Waals surface area contributed by atoms with Crippen molar-refractivity contribution in [2.45, 2.75) is 12.8 Å². The van der Waals surface area contributed by atoms with Gasteiger partial charge in [0.25, 0.3) is 11.4 Å². The number of aromatic nitrogens is 4. The molecule has 0 fully saturated rings. The lowest BCUT2D eigenvalue weighted by atomic mass is 10.1. The Morgan fingerprint density at radius 3 is 2.80 bits per heavy atom. The molecule has 0 aliphatic carbocycles. The highest BCUT2D eigenvalue weighted by Gasteiger charge is 2.12. The second kappa shape index (κ2) is 6.27. The third-order valence-corrected chi connectivity index (χ3v) is 4.01. The molecule has 7 heteroatoms. The second-order valence-electron chi connectivity index (χ2n) is 5.63. The van der Waals surface area contributed by atoms with E-state index in [0.29, 0.717) is 35.8 Å². The molecule has 0 aliphatic heterocycles. The van der Waals surface area contributed by atoms with Crippen LogP contribution in [-0.4, -0.2) is 26.9 Å². The first kappa shape index (κ1) is 15.2. The van der Waals surface area contributed by atoms with Gasteiger partial charge in [0.2, 0.25) is 0 Å². The van der Waals surface area contributed by atoms with Gasteiger partial charge in [-0.05, 0) is 17.1 Å². The molecule has 1 N–H and O–H groups in total. The summed E-state index contributed by atoms with van der Waals surface area (Å²) in [5.41, 5.74) is 3.07. The Bertz CT molecular complexity index is 1060. The average Bonchev–Trinajstić information content (AvgIpc) is 3.27. The molecule has 0 bridgehead atoms. The summed E-state index contributed by atoms with van der Waals surface area (Å²) in [5, 5.41) is 6.73. The van der Waals surface area contributed by atoms with E-state index in [1.807, 2.05) is 30.3 Å². The lowest BCUT2D eigenvalue weighted by Crippen LogP contribution is -2.15. The molecule has 25 heavy (non-hydrogen) atoms. The van der Waals surface area contributed by atoms with Crippen LogP contribution in [0.15, 0.2) is 58.0 Å². The van der Waals surface area contributed by atoms with Crippen LogP contribution in [0.2, 0.25) is 0 Å². The second-order valence-corrected chi connectivity index (χ2v) is 5.63. The lowest BCUT2D eigenvalue weighted by molar-refractivity contribution is 0.326. The molecule has 0 radical (unpaired) electrons. The molecule has 126 valence electrons. The Morgan fingerprint density at radius 1 is 1.20 bits per heavy atom. The summed E-state index contributed by atoms with van der Waals surface area (Å²) in [6.07, 6.45) is 2.96. The van der Waals surface area contributed by atoms with E-state index < -0.39 is 0 Å². The molecule has 0 saturated carbocycles. The standard InChI is InChI=1S/C18H16N4O3/c1-24-16-10-14(25-21-16)8-7-13-9-17(23)22-18(20-13)15(11-19-22)12-5-3-2-4-6-12/h2-6,9-11,19H,7-8H2,1H3. The molecule has 1 aromatic carbocycles. The summed E-state index contributed by atoms with van der Waals surface area (Å²) in [7, 11) is 1.54. The average molecular weight is 336 g/mol. The van der Waals surface area contributed by atoms with Crippen molar-refractivity contribution in [3.05, 3.63) is 70.5 Å². The largest absolute Gasteiger partial charge is 0.479 e. The lowest BCUT2D eigenvalue weighted by Gasteiger charge is -2.02. The Hall–Kier alpha value is -3.35. The number of H-pyrrole nitrogens is 1. The van der Waals surface area contributed by atoms with Crippen LogP contribution in [0.4, 0.5) is 0 Å². The van der Waals surface area contributed by atoms with Crippen molar-refractivity contribution in [1.29, 1.82) is 0 Å². The highest BCUT2D eigenvalue weighted by Crippen LogP contribution is 2.22. The maximum Gasteiger partial charge on any atom is 0.272 e. The van der Waals surface area contributed by atoms with Crippen LogP contribution in [0.25, 0.3) is 16.8 Å². The molecular formula is C18H16N4O3. The third kappa shape index (κ3) is 2.91. The number of methoxy groups -OCH3 is 1. The highest BCUT2D eigenvalue weighted by molar-refractivity contribution is 5.76. The molecule has 0 atom stereocenters. The Labute approximate surface area is 142 Å². The number of ether oxygens (including phenoxy) is 1. The van der Waals surface area contributed by atoms with E-state index in [2.05, 4.69) is 15.2 Å². The van der Waals surface area contributed by atoms with Gasteiger partial charge in [-0.15, -0.1) is 0 Å². The number of fused-ring (bicyclic) bond motifs is 1. The van der Waals surface area contributed by atoms with Crippen molar-refractivity contribution in [2.24, 2.45) is 0 Å². The number of rotatable bonds is 5. The smallest absolute Gasteiger partial charge is 0.272 e. The molecule has 3 aromatic heterocycles. The minimum Gasteiger partial charge on any atom is -0.479 e. The first-order valence-corrected chi connectivity index (χ1v) is 7.89. The number of aromatic amines is 1. The van der Waals surface area contributed by atoms with Gasteiger partial charge in [-0.1, -0.05) is 30.3 Å². The highest BCUT2D eigenvalue weighted by atomic mass is 16.5. The van der Waals surface area contributed by atoms with Gasteiger partial charge in [-0.25, -0.2) is 9.50 Å². The summed E-state index contributed by atoms with van der Waals surface area (Å²) in [6.45, 7) is 0. The van der Waals surface area contributed by atoms with Crippen LogP contribution in [0.1, 0.15) is 11.5 Å². The van der Waals surface area contributed by atoms with Crippen LogP contribution in [0.5, 0.6) is 5.88 Å². The maximum absolute atomic E-state index is 12.3. The van der Waals surface area contributed by atoms with Gasteiger partial charge in [0.05, 0.1) is 7.11 Å². The monoisotopic (exact) mass is 336 g/mol. The molecule has 0 aliphatic rings. The summed E-state index contributed by atoms with van der Waals surface area (Å²) in [4.78, 5) is 17.0. The number of benzene rings is 1. The zero-order valence-corrected chi connectivity index (χ0v) is 13.6. The zero-order valence-electron chi connectivity index (χ0n) is 13.6. The van der Waals surface area contributed by atoms with Crippen LogP contribution >= 0.6 is 0 Å². The zero-order chi connectivity index (χ0) is 17.2. The van der Waals surface area contributed by atoms with Crippen LogP contribution < -0.4 is 10.3 Å². The molecule has 4 aromatic rings. The van der Waals surface area contributed by atoms with E-state index >= 15 is 0 Å². The van der Waals surface area contributed by atoms with Crippen molar-refractivity contribution in [3.8, 4) is 17.0 Å². The van der Waals surface area contributed by atoms with Crippen molar-refractivity contribution >= 4 is 5.65 Å². The van der Waals surface area contributed by atoms with Gasteiger partial charge in [-0.3, -0.25) is 9.89 Å². The first-order chi connectivity index (χ1) is 12.2. The normalized spacial score (nSPS) is 11.1. The van der Waals surface area contributed by atoms with E-state index in [9.17, 15) is 4.79 Å². The molecule has 3 heterocycles.